The molecule has 0 saturated heterocycles. The molecule has 1 N–H and O–H groups in total. The second-order valence-corrected chi connectivity index (χ2v) is 4.46. The highest BCUT2D eigenvalue weighted by atomic mass is 127. The number of hydrogen-bond donors (Lipinski definition) is 1. The number of carbonyl (C=O) groups excluding carboxylic acids is 1. The number of aromatic hydroxyl groups is 1. The molecular formula is C9H4ClIN2O3. The quantitative estimate of drug-likeness (QED) is 0.623. The minimum absolute atomic E-state index is 0.0959. The van der Waals surface area contributed by atoms with Crippen molar-refractivity contribution in [2.75, 3.05) is 0 Å². The summed E-state index contributed by atoms with van der Waals surface area (Å²) < 4.78 is 1.64. The van der Waals surface area contributed by atoms with Crippen molar-refractivity contribution in [2.45, 2.75) is 0 Å². The lowest BCUT2D eigenvalue weighted by atomic mass is 10.3. The Balaban J connectivity index is 2.93. The van der Waals surface area contributed by atoms with Gasteiger partial charge in [0.1, 0.15) is 5.56 Å². The smallest absolute Gasteiger partial charge is 0.270 e. The van der Waals surface area contributed by atoms with Crippen LogP contribution in [0.1, 0.15) is 10.4 Å². The van der Waals surface area contributed by atoms with E-state index in [1.54, 1.807) is 0 Å². The van der Waals surface area contributed by atoms with Gasteiger partial charge in [0.25, 0.3) is 10.8 Å². The van der Waals surface area contributed by atoms with Crippen molar-refractivity contribution in [3.63, 3.8) is 0 Å². The van der Waals surface area contributed by atoms with Gasteiger partial charge in [-0.2, -0.15) is 0 Å². The van der Waals surface area contributed by atoms with Gasteiger partial charge in [0, 0.05) is 12.4 Å². The van der Waals surface area contributed by atoms with Crippen molar-refractivity contribution in [1.82, 2.24) is 9.38 Å². The molecular weight excluding hydrogens is 346 g/mol. The minimum atomic E-state index is -0.870. The summed E-state index contributed by atoms with van der Waals surface area (Å²) in [4.78, 5) is 26.5. The zero-order valence-corrected chi connectivity index (χ0v) is 10.6. The van der Waals surface area contributed by atoms with E-state index < -0.39 is 10.8 Å². The van der Waals surface area contributed by atoms with E-state index in [4.69, 9.17) is 11.6 Å². The van der Waals surface area contributed by atoms with Gasteiger partial charge in [-0.05, 0) is 40.3 Å². The molecule has 0 aromatic carbocycles. The van der Waals surface area contributed by atoms with Crippen LogP contribution in [0.15, 0.2) is 23.3 Å². The summed E-state index contributed by atoms with van der Waals surface area (Å²) in [5.41, 5.74) is -0.727. The lowest BCUT2D eigenvalue weighted by molar-refractivity contribution is 0.107. The maximum atomic E-state index is 11.7. The van der Waals surface area contributed by atoms with E-state index in [0.29, 0.717) is 3.57 Å². The molecule has 82 valence electrons. The van der Waals surface area contributed by atoms with Crippen molar-refractivity contribution >= 4 is 45.1 Å². The van der Waals surface area contributed by atoms with E-state index in [9.17, 15) is 14.7 Å². The molecule has 0 aliphatic rings. The number of aromatic nitrogens is 2. The molecule has 2 aromatic rings. The van der Waals surface area contributed by atoms with Crippen molar-refractivity contribution < 1.29 is 9.90 Å². The predicted molar refractivity (Wildman–Crippen MR) is 66.0 cm³/mol. The molecule has 2 rings (SSSR count). The van der Waals surface area contributed by atoms with Crippen LogP contribution in [0.2, 0.25) is 0 Å². The summed E-state index contributed by atoms with van der Waals surface area (Å²) >= 11 is 7.13. The largest absolute Gasteiger partial charge is 0.504 e. The third-order valence-electron chi connectivity index (χ3n) is 2.01. The fraction of sp³-hybridized carbons (Fsp3) is 0. The molecule has 0 aliphatic carbocycles. The van der Waals surface area contributed by atoms with Crippen LogP contribution in [0.4, 0.5) is 0 Å². The number of halogens is 2. The molecule has 0 unspecified atom stereocenters. The zero-order chi connectivity index (χ0) is 11.9. The van der Waals surface area contributed by atoms with E-state index in [2.05, 4.69) is 4.98 Å². The Kier molecular flexibility index (Phi) is 2.85. The number of hydrogen-bond acceptors (Lipinski definition) is 4. The monoisotopic (exact) mass is 350 g/mol. The normalized spacial score (nSPS) is 10.6. The molecule has 2 heterocycles. The van der Waals surface area contributed by atoms with Gasteiger partial charge in [-0.25, -0.2) is 4.98 Å². The van der Waals surface area contributed by atoms with Crippen LogP contribution in [-0.2, 0) is 0 Å². The highest BCUT2D eigenvalue weighted by Crippen LogP contribution is 2.22. The Morgan fingerprint density at radius 1 is 1.56 bits per heavy atom. The van der Waals surface area contributed by atoms with Gasteiger partial charge in [0.15, 0.2) is 11.4 Å². The van der Waals surface area contributed by atoms with Crippen molar-refractivity contribution in [2.24, 2.45) is 0 Å². The average molecular weight is 350 g/mol. The van der Waals surface area contributed by atoms with Gasteiger partial charge < -0.3 is 5.11 Å². The molecule has 0 fully saturated rings. The van der Waals surface area contributed by atoms with Crippen LogP contribution >= 0.6 is 34.2 Å². The molecule has 0 saturated carbocycles. The summed E-state index contributed by atoms with van der Waals surface area (Å²) in [5.74, 6) is -0.103. The number of carbonyl (C=O) groups is 1. The molecule has 0 amide bonds. The molecule has 0 bridgehead atoms. The highest BCUT2D eigenvalue weighted by Gasteiger charge is 2.13. The van der Waals surface area contributed by atoms with Crippen LogP contribution in [0.5, 0.6) is 5.75 Å². The number of fused-ring (bicyclic) bond motifs is 1. The van der Waals surface area contributed by atoms with Crippen molar-refractivity contribution in [3.05, 3.63) is 37.9 Å². The lowest BCUT2D eigenvalue weighted by Gasteiger charge is -2.04. The van der Waals surface area contributed by atoms with E-state index in [0.717, 1.165) is 10.6 Å². The molecule has 0 atom stereocenters. The fourth-order valence-corrected chi connectivity index (χ4v) is 1.77. The molecule has 5 nitrogen and oxygen atoms in total. The zero-order valence-electron chi connectivity index (χ0n) is 7.65. The Morgan fingerprint density at radius 2 is 2.25 bits per heavy atom. The summed E-state index contributed by atoms with van der Waals surface area (Å²) in [6.45, 7) is 0. The second kappa shape index (κ2) is 4.02. The summed E-state index contributed by atoms with van der Waals surface area (Å²) in [6.07, 6.45) is 2.48. The highest BCUT2D eigenvalue weighted by molar-refractivity contribution is 14.1. The first-order valence-corrected chi connectivity index (χ1v) is 5.56. The van der Waals surface area contributed by atoms with Gasteiger partial charge in [0.05, 0.1) is 3.57 Å². The lowest BCUT2D eigenvalue weighted by Crippen LogP contribution is -2.21. The van der Waals surface area contributed by atoms with Crippen LogP contribution in [-0.4, -0.2) is 19.7 Å². The SMILES string of the molecule is O=C(Cl)c1cnc2c(O)c(I)ccn2c1=O. The van der Waals surface area contributed by atoms with E-state index in [1.165, 1.54) is 12.3 Å². The van der Waals surface area contributed by atoms with Gasteiger partial charge >= 0.3 is 0 Å². The summed E-state index contributed by atoms with van der Waals surface area (Å²) in [5, 5.41) is 8.79. The Morgan fingerprint density at radius 3 is 2.88 bits per heavy atom. The second-order valence-electron chi connectivity index (χ2n) is 2.96. The maximum Gasteiger partial charge on any atom is 0.270 e. The first-order chi connectivity index (χ1) is 7.52. The minimum Gasteiger partial charge on any atom is -0.504 e. The standard InChI is InChI=1S/C9H4ClIN2O3/c10-7(15)4-3-12-8-6(14)5(11)1-2-13(8)9(4)16/h1-3,14H. The average Bonchev–Trinajstić information content (AvgIpc) is 2.23. The topological polar surface area (TPSA) is 71.7 Å². The third kappa shape index (κ3) is 1.67. The maximum absolute atomic E-state index is 11.7. The molecule has 16 heavy (non-hydrogen) atoms. The van der Waals surface area contributed by atoms with Crippen LogP contribution in [0, 0.1) is 3.57 Å². The molecule has 2 aromatic heterocycles. The van der Waals surface area contributed by atoms with Gasteiger partial charge in [-0.1, -0.05) is 0 Å². The first kappa shape index (κ1) is 11.3. The van der Waals surface area contributed by atoms with E-state index in [-0.39, 0.29) is 17.0 Å². The van der Waals surface area contributed by atoms with E-state index >= 15 is 0 Å². The first-order valence-electron chi connectivity index (χ1n) is 4.11. The number of rotatable bonds is 1. The number of pyridine rings is 1. The van der Waals surface area contributed by atoms with Crippen molar-refractivity contribution in [1.29, 1.82) is 0 Å². The van der Waals surface area contributed by atoms with Crippen LogP contribution in [0.25, 0.3) is 5.65 Å². The van der Waals surface area contributed by atoms with Crippen LogP contribution < -0.4 is 5.56 Å². The summed E-state index contributed by atoms with van der Waals surface area (Å²) in [6, 6.07) is 1.54. The molecule has 0 radical (unpaired) electrons. The predicted octanol–water partition coefficient (Wildman–Crippen LogP) is 1.38. The molecule has 0 spiro atoms. The molecule has 7 heteroatoms. The van der Waals surface area contributed by atoms with Crippen LogP contribution in [0.3, 0.4) is 0 Å². The summed E-state index contributed by atoms with van der Waals surface area (Å²) in [7, 11) is 0. The Hall–Kier alpha value is -1.15. The van der Waals surface area contributed by atoms with E-state index in [1.807, 2.05) is 22.6 Å². The van der Waals surface area contributed by atoms with Gasteiger partial charge in [-0.15, -0.1) is 0 Å². The van der Waals surface area contributed by atoms with Gasteiger partial charge in [-0.3, -0.25) is 14.0 Å². The van der Waals surface area contributed by atoms with Gasteiger partial charge in [0.2, 0.25) is 0 Å². The molecule has 0 aliphatic heterocycles. The number of nitrogens with zero attached hydrogens (tertiary/aromatic N) is 2. The Bertz CT molecular complexity index is 653. The fourth-order valence-electron chi connectivity index (χ4n) is 1.24. The third-order valence-corrected chi connectivity index (χ3v) is 3.09. The van der Waals surface area contributed by atoms with Crippen molar-refractivity contribution in [3.8, 4) is 5.75 Å². The Labute approximate surface area is 108 Å².